The second kappa shape index (κ2) is 10.1. The van der Waals surface area contributed by atoms with Gasteiger partial charge in [0.1, 0.15) is 5.82 Å². The van der Waals surface area contributed by atoms with E-state index in [1.54, 1.807) is 55.5 Å². The summed E-state index contributed by atoms with van der Waals surface area (Å²) in [5.41, 5.74) is 2.08. The molecule has 3 aromatic rings. The van der Waals surface area contributed by atoms with Crippen molar-refractivity contribution in [3.63, 3.8) is 0 Å². The van der Waals surface area contributed by atoms with Crippen LogP contribution in [-0.4, -0.2) is 21.0 Å². The third-order valence-electron chi connectivity index (χ3n) is 4.83. The van der Waals surface area contributed by atoms with Crippen molar-refractivity contribution in [3.05, 3.63) is 94.3 Å². The molecular weight excluding hydrogens is 453 g/mol. The first-order valence-electron chi connectivity index (χ1n) is 9.98. The fourth-order valence-corrected chi connectivity index (χ4v) is 4.80. The molecule has 32 heavy (non-hydrogen) atoms. The lowest BCUT2D eigenvalue weighted by Gasteiger charge is -2.25. The molecule has 0 unspecified atom stereocenters. The Morgan fingerprint density at radius 1 is 1.00 bits per heavy atom. The molecule has 0 spiro atoms. The molecule has 0 fully saturated rings. The van der Waals surface area contributed by atoms with Crippen LogP contribution in [0.5, 0.6) is 0 Å². The van der Waals surface area contributed by atoms with Crippen molar-refractivity contribution >= 4 is 33.3 Å². The minimum Gasteiger partial charge on any atom is -0.466 e. The number of benzene rings is 3. The van der Waals surface area contributed by atoms with Crippen molar-refractivity contribution in [1.82, 2.24) is 0 Å². The van der Waals surface area contributed by atoms with Gasteiger partial charge in [-0.2, -0.15) is 0 Å². The van der Waals surface area contributed by atoms with E-state index in [-0.39, 0.29) is 29.4 Å². The van der Waals surface area contributed by atoms with Crippen molar-refractivity contribution in [3.8, 4) is 0 Å². The first-order chi connectivity index (χ1) is 15.2. The molecule has 0 heterocycles. The van der Waals surface area contributed by atoms with Crippen molar-refractivity contribution < 1.29 is 22.3 Å². The van der Waals surface area contributed by atoms with Gasteiger partial charge in [-0.1, -0.05) is 35.9 Å². The number of esters is 1. The maximum absolute atomic E-state index is 13.7. The van der Waals surface area contributed by atoms with Crippen molar-refractivity contribution in [2.24, 2.45) is 0 Å². The van der Waals surface area contributed by atoms with Crippen molar-refractivity contribution in [2.75, 3.05) is 10.9 Å². The number of hydrogen-bond acceptors (Lipinski definition) is 4. The summed E-state index contributed by atoms with van der Waals surface area (Å²) in [7, 11) is -4.00. The van der Waals surface area contributed by atoms with E-state index in [1.807, 2.05) is 0 Å². The summed E-state index contributed by atoms with van der Waals surface area (Å²) < 4.78 is 47.0. The molecule has 0 aliphatic rings. The van der Waals surface area contributed by atoms with Gasteiger partial charge in [0, 0.05) is 5.02 Å². The predicted octanol–water partition coefficient (Wildman–Crippen LogP) is 5.29. The normalized spacial score (nSPS) is 11.2. The average Bonchev–Trinajstić information content (AvgIpc) is 2.76. The van der Waals surface area contributed by atoms with Gasteiger partial charge in [0.25, 0.3) is 10.0 Å². The van der Waals surface area contributed by atoms with E-state index >= 15 is 0 Å². The summed E-state index contributed by atoms with van der Waals surface area (Å²) >= 11 is 5.96. The molecule has 0 amide bonds. The smallest absolute Gasteiger partial charge is 0.310 e. The number of halogens is 2. The SMILES string of the molecule is CCOC(=O)Cc1ccc(N(Cc2ccc(Cl)cc2)S(=O)(=O)c2ccc(F)c(C)c2)cc1. The van der Waals surface area contributed by atoms with Gasteiger partial charge < -0.3 is 4.74 Å². The Morgan fingerprint density at radius 2 is 1.62 bits per heavy atom. The van der Waals surface area contributed by atoms with Gasteiger partial charge in [-0.15, -0.1) is 0 Å². The van der Waals surface area contributed by atoms with E-state index in [1.165, 1.54) is 23.4 Å². The highest BCUT2D eigenvalue weighted by Gasteiger charge is 2.26. The number of ether oxygens (including phenoxy) is 1. The monoisotopic (exact) mass is 475 g/mol. The zero-order chi connectivity index (χ0) is 23.3. The Morgan fingerprint density at radius 3 is 2.22 bits per heavy atom. The molecule has 0 N–H and O–H groups in total. The van der Waals surface area contributed by atoms with Crippen LogP contribution in [0.3, 0.4) is 0 Å². The number of anilines is 1. The molecule has 5 nitrogen and oxygen atoms in total. The summed E-state index contributed by atoms with van der Waals surface area (Å²) in [5.74, 6) is -0.829. The molecular formula is C24H23ClFNO4S. The highest BCUT2D eigenvalue weighted by Crippen LogP contribution is 2.28. The van der Waals surface area contributed by atoms with Gasteiger partial charge in [-0.25, -0.2) is 12.8 Å². The number of carbonyl (C=O) groups is 1. The van der Waals surface area contributed by atoms with Crippen LogP contribution in [0.4, 0.5) is 10.1 Å². The fraction of sp³-hybridized carbons (Fsp3) is 0.208. The Bertz CT molecular complexity index is 1200. The Balaban J connectivity index is 1.99. The number of nitrogens with zero attached hydrogens (tertiary/aromatic N) is 1. The summed E-state index contributed by atoms with van der Waals surface area (Å²) in [5, 5.41) is 0.542. The second-order valence-electron chi connectivity index (χ2n) is 7.20. The summed E-state index contributed by atoms with van der Waals surface area (Å²) in [4.78, 5) is 11.7. The van der Waals surface area contributed by atoms with Crippen LogP contribution in [-0.2, 0) is 32.5 Å². The largest absolute Gasteiger partial charge is 0.466 e. The summed E-state index contributed by atoms with van der Waals surface area (Å²) in [6, 6.07) is 17.2. The van der Waals surface area contributed by atoms with E-state index in [4.69, 9.17) is 16.3 Å². The van der Waals surface area contributed by atoms with Crippen LogP contribution in [0.1, 0.15) is 23.6 Å². The fourth-order valence-electron chi connectivity index (χ4n) is 3.13. The van der Waals surface area contributed by atoms with Crippen LogP contribution in [0, 0.1) is 12.7 Å². The molecule has 3 rings (SSSR count). The van der Waals surface area contributed by atoms with E-state index < -0.39 is 15.8 Å². The number of carbonyl (C=O) groups excluding carboxylic acids is 1. The number of rotatable bonds is 8. The molecule has 3 aromatic carbocycles. The number of hydrogen-bond donors (Lipinski definition) is 0. The Hall–Kier alpha value is -2.90. The molecule has 8 heteroatoms. The van der Waals surface area contributed by atoms with E-state index in [0.717, 1.165) is 11.6 Å². The van der Waals surface area contributed by atoms with Gasteiger partial charge in [-0.3, -0.25) is 9.10 Å². The zero-order valence-corrected chi connectivity index (χ0v) is 19.3. The topological polar surface area (TPSA) is 63.7 Å². The van der Waals surface area contributed by atoms with Gasteiger partial charge in [0.05, 0.1) is 30.2 Å². The highest BCUT2D eigenvalue weighted by atomic mass is 35.5. The molecule has 0 saturated carbocycles. The van der Waals surface area contributed by atoms with Gasteiger partial charge in [-0.05, 0) is 73.0 Å². The molecule has 0 bridgehead atoms. The summed E-state index contributed by atoms with van der Waals surface area (Å²) in [6.07, 6.45) is 0.0925. The average molecular weight is 476 g/mol. The first kappa shape index (κ1) is 23.8. The van der Waals surface area contributed by atoms with Crippen LogP contribution >= 0.6 is 11.6 Å². The lowest BCUT2D eigenvalue weighted by Crippen LogP contribution is -2.30. The molecule has 0 radical (unpaired) electrons. The third kappa shape index (κ3) is 5.66. The standard InChI is InChI=1S/C24H23ClFNO4S/c1-3-31-24(28)15-18-6-10-21(11-7-18)27(16-19-4-8-20(25)9-5-19)32(29,30)22-12-13-23(26)17(2)14-22/h4-14H,3,15-16H2,1-2H3. The maximum Gasteiger partial charge on any atom is 0.310 e. The minimum absolute atomic E-state index is 0.0130. The van der Waals surface area contributed by atoms with Gasteiger partial charge in [0.15, 0.2) is 0 Å². The maximum atomic E-state index is 13.7. The molecule has 0 aliphatic heterocycles. The highest BCUT2D eigenvalue weighted by molar-refractivity contribution is 7.92. The molecule has 0 aromatic heterocycles. The molecule has 0 atom stereocenters. The Labute approximate surface area is 192 Å². The van der Waals surface area contributed by atoms with Crippen LogP contribution in [0.15, 0.2) is 71.6 Å². The second-order valence-corrected chi connectivity index (χ2v) is 9.50. The number of aryl methyl sites for hydroxylation is 1. The van der Waals surface area contributed by atoms with E-state index in [0.29, 0.717) is 22.9 Å². The van der Waals surface area contributed by atoms with Gasteiger partial charge in [0.2, 0.25) is 0 Å². The Kier molecular flexibility index (Phi) is 7.53. The van der Waals surface area contributed by atoms with E-state index in [9.17, 15) is 17.6 Å². The number of sulfonamides is 1. The molecule has 0 saturated heterocycles. The van der Waals surface area contributed by atoms with Gasteiger partial charge >= 0.3 is 5.97 Å². The molecule has 0 aliphatic carbocycles. The van der Waals surface area contributed by atoms with Crippen molar-refractivity contribution in [2.45, 2.75) is 31.7 Å². The lowest BCUT2D eigenvalue weighted by atomic mass is 10.1. The van der Waals surface area contributed by atoms with Crippen LogP contribution < -0.4 is 4.31 Å². The van der Waals surface area contributed by atoms with Crippen molar-refractivity contribution in [1.29, 1.82) is 0 Å². The quantitative estimate of drug-likeness (QED) is 0.415. The third-order valence-corrected chi connectivity index (χ3v) is 6.86. The lowest BCUT2D eigenvalue weighted by molar-refractivity contribution is -0.142. The van der Waals surface area contributed by atoms with Crippen LogP contribution in [0.25, 0.3) is 0 Å². The summed E-state index contributed by atoms with van der Waals surface area (Å²) in [6.45, 7) is 3.59. The predicted molar refractivity (Wildman–Crippen MR) is 123 cm³/mol. The van der Waals surface area contributed by atoms with Crippen LogP contribution in [0.2, 0.25) is 5.02 Å². The minimum atomic E-state index is -4.00. The molecule has 168 valence electrons. The zero-order valence-electron chi connectivity index (χ0n) is 17.7. The van der Waals surface area contributed by atoms with E-state index in [2.05, 4.69) is 0 Å². The first-order valence-corrected chi connectivity index (χ1v) is 11.8.